The number of carbonyl (C=O) groups is 2. The van der Waals surface area contributed by atoms with Crippen LogP contribution in [-0.2, 0) is 9.59 Å². The highest BCUT2D eigenvalue weighted by atomic mass is 79.9. The van der Waals surface area contributed by atoms with Gasteiger partial charge in [0.15, 0.2) is 0 Å². The lowest BCUT2D eigenvalue weighted by atomic mass is 10.3. The normalized spacial score (nSPS) is 9.94. The molecule has 4 nitrogen and oxygen atoms in total. The van der Waals surface area contributed by atoms with Crippen molar-refractivity contribution in [1.82, 2.24) is 0 Å². The van der Waals surface area contributed by atoms with Crippen LogP contribution in [0.15, 0.2) is 25.6 Å². The molecule has 0 fully saturated rings. The van der Waals surface area contributed by atoms with Crippen molar-refractivity contribution in [2.45, 2.75) is 6.42 Å². The first-order valence-corrected chi connectivity index (χ1v) is 6.50. The predicted molar refractivity (Wildman–Crippen MR) is 72.0 cm³/mol. The third-order valence-electron chi connectivity index (χ3n) is 1.61. The number of hydrogen-bond donors (Lipinski definition) is 2. The quantitative estimate of drug-likeness (QED) is 0.746. The Balaban J connectivity index is 2.89. The average Bonchev–Trinajstić information content (AvgIpc) is 2.09. The summed E-state index contributed by atoms with van der Waals surface area (Å²) in [5.74, 6) is -1.11. The number of rotatable bonds is 3. The van der Waals surface area contributed by atoms with Gasteiger partial charge in [-0.05, 0) is 44.0 Å². The predicted octanol–water partition coefficient (Wildman–Crippen LogP) is 2.79. The lowest BCUT2D eigenvalue weighted by Crippen LogP contribution is -2.21. The fourth-order valence-corrected chi connectivity index (χ4v) is 3.46. The second-order valence-corrected chi connectivity index (χ2v) is 5.56. The van der Waals surface area contributed by atoms with Gasteiger partial charge in [-0.1, -0.05) is 15.9 Å². The first-order valence-electron chi connectivity index (χ1n) is 4.13. The van der Waals surface area contributed by atoms with Crippen LogP contribution in [0.4, 0.5) is 5.69 Å². The SMILES string of the molecule is NC(=O)CC(=O)Nc1c(Br)cc(Br)cc1Br. The number of nitrogens with two attached hydrogens (primary N) is 1. The van der Waals surface area contributed by atoms with Crippen LogP contribution in [0.1, 0.15) is 6.42 Å². The van der Waals surface area contributed by atoms with Gasteiger partial charge < -0.3 is 11.1 Å². The van der Waals surface area contributed by atoms with E-state index in [0.29, 0.717) is 14.6 Å². The maximum Gasteiger partial charge on any atom is 0.233 e. The van der Waals surface area contributed by atoms with Crippen LogP contribution in [0.2, 0.25) is 0 Å². The molecule has 0 saturated carbocycles. The van der Waals surface area contributed by atoms with Crippen molar-refractivity contribution in [2.24, 2.45) is 5.73 Å². The molecule has 0 unspecified atom stereocenters. The molecule has 0 aromatic heterocycles. The van der Waals surface area contributed by atoms with E-state index < -0.39 is 11.8 Å². The molecule has 0 spiro atoms. The molecular weight excluding hydrogens is 408 g/mol. The maximum atomic E-state index is 11.3. The number of amides is 2. The van der Waals surface area contributed by atoms with E-state index in [1.54, 1.807) is 12.1 Å². The molecule has 0 aliphatic heterocycles. The lowest BCUT2D eigenvalue weighted by Gasteiger charge is -2.09. The Morgan fingerprint density at radius 3 is 2.12 bits per heavy atom. The summed E-state index contributed by atoms with van der Waals surface area (Å²) in [6.07, 6.45) is -0.338. The van der Waals surface area contributed by atoms with Crippen molar-refractivity contribution in [2.75, 3.05) is 5.32 Å². The Morgan fingerprint density at radius 2 is 1.69 bits per heavy atom. The van der Waals surface area contributed by atoms with E-state index in [1.165, 1.54) is 0 Å². The summed E-state index contributed by atoms with van der Waals surface area (Å²) in [6.45, 7) is 0. The van der Waals surface area contributed by atoms with Crippen LogP contribution >= 0.6 is 47.8 Å². The van der Waals surface area contributed by atoms with Crippen LogP contribution in [-0.4, -0.2) is 11.8 Å². The monoisotopic (exact) mass is 412 g/mol. The summed E-state index contributed by atoms with van der Waals surface area (Å²) in [5.41, 5.74) is 5.48. The highest BCUT2D eigenvalue weighted by Crippen LogP contribution is 2.34. The number of nitrogens with one attached hydrogen (secondary N) is 1. The van der Waals surface area contributed by atoms with Gasteiger partial charge in [0.2, 0.25) is 11.8 Å². The molecule has 3 N–H and O–H groups in total. The summed E-state index contributed by atoms with van der Waals surface area (Å²) in [6, 6.07) is 3.56. The van der Waals surface area contributed by atoms with Crippen LogP contribution in [0.3, 0.4) is 0 Å². The van der Waals surface area contributed by atoms with E-state index in [-0.39, 0.29) is 6.42 Å². The number of hydrogen-bond acceptors (Lipinski definition) is 2. The van der Waals surface area contributed by atoms with Crippen molar-refractivity contribution < 1.29 is 9.59 Å². The minimum Gasteiger partial charge on any atom is -0.369 e. The number of anilines is 1. The Bertz CT molecular complexity index is 425. The number of carbonyl (C=O) groups excluding carboxylic acids is 2. The van der Waals surface area contributed by atoms with Crippen LogP contribution in [0.25, 0.3) is 0 Å². The van der Waals surface area contributed by atoms with Crippen molar-refractivity contribution in [1.29, 1.82) is 0 Å². The van der Waals surface area contributed by atoms with Crippen LogP contribution in [0.5, 0.6) is 0 Å². The highest BCUT2D eigenvalue weighted by Gasteiger charge is 2.11. The molecule has 86 valence electrons. The number of primary amides is 1. The van der Waals surface area contributed by atoms with E-state index in [1.807, 2.05) is 0 Å². The van der Waals surface area contributed by atoms with Gasteiger partial charge >= 0.3 is 0 Å². The molecule has 16 heavy (non-hydrogen) atoms. The van der Waals surface area contributed by atoms with Gasteiger partial charge in [-0.25, -0.2) is 0 Å². The molecule has 0 radical (unpaired) electrons. The fourth-order valence-electron chi connectivity index (χ4n) is 1.00. The summed E-state index contributed by atoms with van der Waals surface area (Å²) in [5, 5.41) is 2.58. The third-order valence-corrected chi connectivity index (χ3v) is 3.31. The molecule has 0 atom stereocenters. The third kappa shape index (κ3) is 3.88. The molecule has 0 bridgehead atoms. The van der Waals surface area contributed by atoms with Crippen molar-refractivity contribution >= 4 is 65.3 Å². The topological polar surface area (TPSA) is 72.2 Å². The largest absolute Gasteiger partial charge is 0.369 e. The molecule has 0 saturated heterocycles. The fraction of sp³-hybridized carbons (Fsp3) is 0.111. The van der Waals surface area contributed by atoms with Gasteiger partial charge in [-0.15, -0.1) is 0 Å². The average molecular weight is 415 g/mol. The van der Waals surface area contributed by atoms with Gasteiger partial charge in [-0.3, -0.25) is 9.59 Å². The van der Waals surface area contributed by atoms with E-state index in [4.69, 9.17) is 5.73 Å². The zero-order valence-corrected chi connectivity index (χ0v) is 12.6. The Morgan fingerprint density at radius 1 is 1.19 bits per heavy atom. The molecule has 0 heterocycles. The molecule has 7 heteroatoms. The Hall–Kier alpha value is -0.400. The summed E-state index contributed by atoms with van der Waals surface area (Å²) < 4.78 is 2.26. The van der Waals surface area contributed by atoms with E-state index in [0.717, 1.165) is 4.47 Å². The second kappa shape index (κ2) is 5.79. The molecule has 1 rings (SSSR count). The molecule has 2 amide bonds. The second-order valence-electron chi connectivity index (χ2n) is 2.94. The van der Waals surface area contributed by atoms with Gasteiger partial charge in [0, 0.05) is 13.4 Å². The Kier molecular flexibility index (Phi) is 4.94. The van der Waals surface area contributed by atoms with Gasteiger partial charge in [0.05, 0.1) is 5.69 Å². The summed E-state index contributed by atoms with van der Waals surface area (Å²) in [7, 11) is 0. The maximum absolute atomic E-state index is 11.3. The molecule has 1 aromatic rings. The van der Waals surface area contributed by atoms with Crippen LogP contribution in [0, 0.1) is 0 Å². The number of benzene rings is 1. The van der Waals surface area contributed by atoms with Crippen LogP contribution < -0.4 is 11.1 Å². The van der Waals surface area contributed by atoms with Crippen molar-refractivity contribution in [3.63, 3.8) is 0 Å². The van der Waals surface area contributed by atoms with E-state index in [9.17, 15) is 9.59 Å². The van der Waals surface area contributed by atoms with Gasteiger partial charge in [0.1, 0.15) is 6.42 Å². The highest BCUT2D eigenvalue weighted by molar-refractivity contribution is 9.11. The van der Waals surface area contributed by atoms with E-state index in [2.05, 4.69) is 53.1 Å². The first-order chi connectivity index (χ1) is 7.40. The van der Waals surface area contributed by atoms with Crippen molar-refractivity contribution in [3.8, 4) is 0 Å². The lowest BCUT2D eigenvalue weighted by molar-refractivity contribution is -0.124. The van der Waals surface area contributed by atoms with E-state index >= 15 is 0 Å². The minimum absolute atomic E-state index is 0.338. The molecular formula is C9H7Br3N2O2. The first kappa shape index (κ1) is 13.7. The number of halogens is 3. The molecule has 1 aromatic carbocycles. The molecule has 0 aliphatic carbocycles. The smallest absolute Gasteiger partial charge is 0.233 e. The van der Waals surface area contributed by atoms with Gasteiger partial charge in [0.25, 0.3) is 0 Å². The zero-order chi connectivity index (χ0) is 12.3. The Labute approximate surface area is 117 Å². The zero-order valence-electron chi connectivity index (χ0n) is 7.89. The molecule has 0 aliphatic rings. The van der Waals surface area contributed by atoms with Gasteiger partial charge in [-0.2, -0.15) is 0 Å². The standard InChI is InChI=1S/C9H7Br3N2O2/c10-4-1-5(11)9(6(12)2-4)14-8(16)3-7(13)15/h1-2H,3H2,(H2,13,15)(H,14,16). The van der Waals surface area contributed by atoms with Crippen molar-refractivity contribution in [3.05, 3.63) is 25.6 Å². The minimum atomic E-state index is -0.665. The summed E-state index contributed by atoms with van der Waals surface area (Å²) >= 11 is 9.91. The summed E-state index contributed by atoms with van der Waals surface area (Å²) in [4.78, 5) is 21.9.